The minimum atomic E-state index is 0.535. The highest BCUT2D eigenvalue weighted by Crippen LogP contribution is 2.19. The van der Waals surface area contributed by atoms with Crippen molar-refractivity contribution >= 4 is 6.01 Å². The van der Waals surface area contributed by atoms with Crippen molar-refractivity contribution in [2.45, 2.75) is 45.7 Å². The van der Waals surface area contributed by atoms with Crippen LogP contribution in [0.4, 0.5) is 6.01 Å². The molecule has 1 fully saturated rings. The van der Waals surface area contributed by atoms with Crippen LogP contribution in [0.3, 0.4) is 0 Å². The van der Waals surface area contributed by atoms with Crippen molar-refractivity contribution < 1.29 is 4.42 Å². The molecular weight excluding hydrogens is 204 g/mol. The van der Waals surface area contributed by atoms with Crippen LogP contribution in [0.15, 0.2) is 4.42 Å². The Bertz CT molecular complexity index is 322. The number of anilines is 1. The standard InChI is InChI=1S/C11H20N4O/c1-3-8(2)6-13-11-15-14-10(16-11)7-12-9-4-5-9/h8-9,12H,3-7H2,1-2H3,(H,13,15). The van der Waals surface area contributed by atoms with Crippen molar-refractivity contribution in [2.24, 2.45) is 5.92 Å². The van der Waals surface area contributed by atoms with E-state index in [4.69, 9.17) is 4.42 Å². The lowest BCUT2D eigenvalue weighted by Gasteiger charge is -2.06. The summed E-state index contributed by atoms with van der Waals surface area (Å²) in [5, 5.41) is 14.4. The third-order valence-corrected chi connectivity index (χ3v) is 2.88. The van der Waals surface area contributed by atoms with E-state index in [9.17, 15) is 0 Å². The average Bonchev–Trinajstić information content (AvgIpc) is 3.02. The van der Waals surface area contributed by atoms with Crippen molar-refractivity contribution in [1.82, 2.24) is 15.5 Å². The first kappa shape index (κ1) is 11.4. The maximum atomic E-state index is 5.46. The quantitative estimate of drug-likeness (QED) is 0.739. The van der Waals surface area contributed by atoms with Gasteiger partial charge in [0.05, 0.1) is 6.54 Å². The van der Waals surface area contributed by atoms with E-state index in [-0.39, 0.29) is 0 Å². The van der Waals surface area contributed by atoms with Gasteiger partial charge in [-0.1, -0.05) is 25.4 Å². The van der Waals surface area contributed by atoms with Gasteiger partial charge in [-0.2, -0.15) is 0 Å². The van der Waals surface area contributed by atoms with Gasteiger partial charge in [-0.25, -0.2) is 0 Å². The number of hydrogen-bond donors (Lipinski definition) is 2. The molecule has 1 heterocycles. The molecule has 1 saturated carbocycles. The van der Waals surface area contributed by atoms with Crippen LogP contribution in [0.2, 0.25) is 0 Å². The average molecular weight is 224 g/mol. The number of aromatic nitrogens is 2. The molecule has 16 heavy (non-hydrogen) atoms. The van der Waals surface area contributed by atoms with Gasteiger partial charge in [0.15, 0.2) is 0 Å². The van der Waals surface area contributed by atoms with Crippen LogP contribution in [-0.4, -0.2) is 22.8 Å². The summed E-state index contributed by atoms with van der Waals surface area (Å²) >= 11 is 0. The lowest BCUT2D eigenvalue weighted by Crippen LogP contribution is -2.15. The molecule has 0 radical (unpaired) electrons. The first-order valence-corrected chi connectivity index (χ1v) is 6.07. The summed E-state index contributed by atoms with van der Waals surface area (Å²) in [6.07, 6.45) is 3.69. The van der Waals surface area contributed by atoms with Crippen LogP contribution in [0.1, 0.15) is 39.0 Å². The summed E-state index contributed by atoms with van der Waals surface area (Å²) in [7, 11) is 0. The smallest absolute Gasteiger partial charge is 0.315 e. The zero-order valence-electron chi connectivity index (χ0n) is 9.99. The molecular formula is C11H20N4O. The number of nitrogens with zero attached hydrogens (tertiary/aromatic N) is 2. The predicted molar refractivity (Wildman–Crippen MR) is 62.1 cm³/mol. The van der Waals surface area contributed by atoms with E-state index in [1.165, 1.54) is 12.8 Å². The lowest BCUT2D eigenvalue weighted by atomic mass is 10.1. The Morgan fingerprint density at radius 1 is 1.44 bits per heavy atom. The topological polar surface area (TPSA) is 63.0 Å². The highest BCUT2D eigenvalue weighted by molar-refractivity contribution is 5.16. The molecule has 2 N–H and O–H groups in total. The van der Waals surface area contributed by atoms with Gasteiger partial charge < -0.3 is 15.1 Å². The Morgan fingerprint density at radius 2 is 2.25 bits per heavy atom. The third kappa shape index (κ3) is 3.48. The van der Waals surface area contributed by atoms with Gasteiger partial charge in [-0.3, -0.25) is 0 Å². The Kier molecular flexibility index (Phi) is 3.77. The summed E-state index contributed by atoms with van der Waals surface area (Å²) in [6, 6.07) is 1.20. The number of hydrogen-bond acceptors (Lipinski definition) is 5. The molecule has 1 aliphatic rings. The fourth-order valence-corrected chi connectivity index (χ4v) is 1.32. The highest BCUT2D eigenvalue weighted by Gasteiger charge is 2.21. The van der Waals surface area contributed by atoms with E-state index in [0.717, 1.165) is 13.0 Å². The SMILES string of the molecule is CCC(C)CNc1nnc(CNC2CC2)o1. The van der Waals surface area contributed by atoms with Gasteiger partial charge in [0.25, 0.3) is 0 Å². The Labute approximate surface area is 96.0 Å². The summed E-state index contributed by atoms with van der Waals surface area (Å²) in [6.45, 7) is 5.93. The number of rotatable bonds is 7. The van der Waals surface area contributed by atoms with Gasteiger partial charge in [0.2, 0.25) is 5.89 Å². The van der Waals surface area contributed by atoms with Gasteiger partial charge in [0, 0.05) is 12.6 Å². The molecule has 0 spiro atoms. The zero-order chi connectivity index (χ0) is 11.4. The molecule has 0 saturated heterocycles. The van der Waals surface area contributed by atoms with E-state index >= 15 is 0 Å². The molecule has 1 aromatic rings. The second-order valence-corrected chi connectivity index (χ2v) is 4.55. The minimum Gasteiger partial charge on any atom is -0.407 e. The van der Waals surface area contributed by atoms with Crippen LogP contribution < -0.4 is 10.6 Å². The largest absolute Gasteiger partial charge is 0.407 e. The monoisotopic (exact) mass is 224 g/mol. The Balaban J connectivity index is 1.72. The maximum Gasteiger partial charge on any atom is 0.315 e. The summed E-state index contributed by atoms with van der Waals surface area (Å²) in [5.74, 6) is 1.29. The molecule has 90 valence electrons. The van der Waals surface area contributed by atoms with E-state index < -0.39 is 0 Å². The van der Waals surface area contributed by atoms with E-state index in [1.807, 2.05) is 0 Å². The molecule has 0 amide bonds. The van der Waals surface area contributed by atoms with E-state index in [0.29, 0.717) is 30.4 Å². The molecule has 1 aromatic heterocycles. The lowest BCUT2D eigenvalue weighted by molar-refractivity contribution is 0.471. The van der Waals surface area contributed by atoms with Crippen LogP contribution in [0, 0.1) is 5.92 Å². The highest BCUT2D eigenvalue weighted by atomic mass is 16.4. The van der Waals surface area contributed by atoms with Crippen molar-refractivity contribution in [1.29, 1.82) is 0 Å². The molecule has 0 aromatic carbocycles. The summed E-state index contributed by atoms with van der Waals surface area (Å²) in [4.78, 5) is 0. The summed E-state index contributed by atoms with van der Waals surface area (Å²) < 4.78 is 5.46. The maximum absolute atomic E-state index is 5.46. The van der Waals surface area contributed by atoms with Gasteiger partial charge in [-0.15, -0.1) is 5.10 Å². The molecule has 0 aliphatic heterocycles. The zero-order valence-corrected chi connectivity index (χ0v) is 9.99. The van der Waals surface area contributed by atoms with Crippen molar-refractivity contribution in [3.8, 4) is 0 Å². The Hall–Kier alpha value is -1.10. The first-order valence-electron chi connectivity index (χ1n) is 6.07. The normalized spacial score (nSPS) is 17.4. The number of nitrogens with one attached hydrogen (secondary N) is 2. The second-order valence-electron chi connectivity index (χ2n) is 4.55. The van der Waals surface area contributed by atoms with Gasteiger partial charge >= 0.3 is 6.01 Å². The van der Waals surface area contributed by atoms with Crippen LogP contribution >= 0.6 is 0 Å². The van der Waals surface area contributed by atoms with Crippen molar-refractivity contribution in [3.05, 3.63) is 5.89 Å². The van der Waals surface area contributed by atoms with Crippen LogP contribution in [-0.2, 0) is 6.54 Å². The summed E-state index contributed by atoms with van der Waals surface area (Å²) in [5.41, 5.74) is 0. The van der Waals surface area contributed by atoms with Gasteiger partial charge in [0.1, 0.15) is 0 Å². The minimum absolute atomic E-state index is 0.535. The molecule has 1 atom stereocenters. The second kappa shape index (κ2) is 5.30. The fraction of sp³-hybridized carbons (Fsp3) is 0.818. The van der Waals surface area contributed by atoms with Crippen molar-refractivity contribution in [3.63, 3.8) is 0 Å². The van der Waals surface area contributed by atoms with E-state index in [2.05, 4.69) is 34.7 Å². The molecule has 2 rings (SSSR count). The molecule has 0 bridgehead atoms. The van der Waals surface area contributed by atoms with Crippen LogP contribution in [0.5, 0.6) is 0 Å². The van der Waals surface area contributed by atoms with Gasteiger partial charge in [-0.05, 0) is 18.8 Å². The Morgan fingerprint density at radius 3 is 2.94 bits per heavy atom. The van der Waals surface area contributed by atoms with Crippen LogP contribution in [0.25, 0.3) is 0 Å². The molecule has 5 nitrogen and oxygen atoms in total. The molecule has 1 aliphatic carbocycles. The predicted octanol–water partition coefficient (Wildman–Crippen LogP) is 1.78. The third-order valence-electron chi connectivity index (χ3n) is 2.88. The molecule has 1 unspecified atom stereocenters. The van der Waals surface area contributed by atoms with E-state index in [1.54, 1.807) is 0 Å². The molecule has 5 heteroatoms. The van der Waals surface area contributed by atoms with Crippen molar-refractivity contribution in [2.75, 3.05) is 11.9 Å². The first-order chi connectivity index (χ1) is 7.78. The fourth-order valence-electron chi connectivity index (χ4n) is 1.32.